The van der Waals surface area contributed by atoms with Crippen molar-refractivity contribution in [2.45, 2.75) is 38.5 Å². The zero-order valence-corrected chi connectivity index (χ0v) is 31.8. The van der Waals surface area contributed by atoms with Crippen molar-refractivity contribution in [1.82, 2.24) is 0 Å². The Kier molecular flexibility index (Phi) is 6.59. The molecule has 0 unspecified atom stereocenters. The molecule has 11 rings (SSSR count). The number of rotatable bonds is 4. The van der Waals surface area contributed by atoms with Crippen molar-refractivity contribution < 1.29 is 0 Å². The molecule has 8 aromatic carbocycles. The van der Waals surface area contributed by atoms with Crippen LogP contribution in [-0.4, -0.2) is 0 Å². The van der Waals surface area contributed by atoms with Crippen molar-refractivity contribution in [2.24, 2.45) is 0 Å². The number of thiophene rings is 1. The van der Waals surface area contributed by atoms with Gasteiger partial charge in [-0.25, -0.2) is 0 Å². The minimum atomic E-state index is -0.0926. The standard InChI is InChI=1S/C52H39NS/c1-51(2)45-18-9-6-14-39(45)43-30-35(26-29-46(43)51)53(36-25-28-40-38-13-5-8-17-44(38)52(3,4)47(40)31-36)34-23-20-32(21-24-34)37-16-11-12-33-22-27-42-41-15-7-10-19-48(41)54-50(42)49(33)37/h5-31H,1-4H3. The summed E-state index contributed by atoms with van der Waals surface area (Å²) in [4.78, 5) is 2.46. The van der Waals surface area contributed by atoms with E-state index in [0.29, 0.717) is 0 Å². The number of benzene rings is 8. The summed E-state index contributed by atoms with van der Waals surface area (Å²) < 4.78 is 2.69. The predicted octanol–water partition coefficient (Wildman–Crippen LogP) is 15.0. The normalized spacial score (nSPS) is 14.6. The van der Waals surface area contributed by atoms with Gasteiger partial charge in [0, 0.05) is 53.5 Å². The fraction of sp³-hybridized carbons (Fsp3) is 0.115. The zero-order chi connectivity index (χ0) is 36.3. The third-order valence-electron chi connectivity index (χ3n) is 12.5. The molecule has 0 radical (unpaired) electrons. The highest BCUT2D eigenvalue weighted by Gasteiger charge is 2.37. The molecule has 0 spiro atoms. The van der Waals surface area contributed by atoms with Gasteiger partial charge in [-0.15, -0.1) is 11.3 Å². The van der Waals surface area contributed by atoms with E-state index in [1.807, 2.05) is 11.3 Å². The Morgan fingerprint density at radius 2 is 1.00 bits per heavy atom. The Morgan fingerprint density at radius 1 is 0.407 bits per heavy atom. The molecule has 2 aliphatic carbocycles. The SMILES string of the molecule is CC1(C)c2ccccc2-c2cc(N(c3ccc(-c4cccc5ccc6c7ccccc7sc6c45)cc3)c3ccc4c(c3)C(C)(C)c3ccccc3-4)ccc21. The quantitative estimate of drug-likeness (QED) is 0.176. The maximum atomic E-state index is 2.46. The molecule has 1 aromatic heterocycles. The summed E-state index contributed by atoms with van der Waals surface area (Å²) in [5.41, 5.74) is 16.7. The monoisotopic (exact) mass is 709 g/mol. The van der Waals surface area contributed by atoms with E-state index in [2.05, 4.69) is 196 Å². The molecule has 0 bridgehead atoms. The van der Waals surface area contributed by atoms with Crippen LogP contribution >= 0.6 is 11.3 Å². The van der Waals surface area contributed by atoms with Crippen LogP contribution in [0.4, 0.5) is 17.1 Å². The first-order valence-electron chi connectivity index (χ1n) is 19.0. The molecule has 0 amide bonds. The van der Waals surface area contributed by atoms with Gasteiger partial charge in [-0.05, 0) is 103 Å². The molecule has 1 heterocycles. The molecule has 0 atom stereocenters. The second-order valence-corrected chi connectivity index (χ2v) is 17.2. The van der Waals surface area contributed by atoms with Gasteiger partial charge in [-0.1, -0.05) is 149 Å². The zero-order valence-electron chi connectivity index (χ0n) is 30.9. The van der Waals surface area contributed by atoms with Crippen LogP contribution in [0.1, 0.15) is 49.9 Å². The van der Waals surface area contributed by atoms with Gasteiger partial charge in [0.1, 0.15) is 0 Å². The van der Waals surface area contributed by atoms with Crippen LogP contribution in [0.15, 0.2) is 164 Å². The molecule has 0 saturated heterocycles. The summed E-state index contributed by atoms with van der Waals surface area (Å²) in [7, 11) is 0. The van der Waals surface area contributed by atoms with Crippen LogP contribution in [0, 0.1) is 0 Å². The Bertz CT molecular complexity index is 3000. The Labute approximate surface area is 320 Å². The van der Waals surface area contributed by atoms with Gasteiger partial charge in [0.2, 0.25) is 0 Å². The van der Waals surface area contributed by atoms with E-state index in [9.17, 15) is 0 Å². The first-order valence-corrected chi connectivity index (χ1v) is 19.8. The van der Waals surface area contributed by atoms with Crippen molar-refractivity contribution in [3.05, 3.63) is 186 Å². The van der Waals surface area contributed by atoms with E-state index in [1.165, 1.54) is 98.0 Å². The number of fused-ring (bicyclic) bond motifs is 11. The van der Waals surface area contributed by atoms with E-state index in [4.69, 9.17) is 0 Å². The van der Waals surface area contributed by atoms with Gasteiger partial charge in [0.15, 0.2) is 0 Å². The highest BCUT2D eigenvalue weighted by Crippen LogP contribution is 2.53. The summed E-state index contributed by atoms with van der Waals surface area (Å²) >= 11 is 1.90. The molecule has 2 aliphatic rings. The molecular weight excluding hydrogens is 671 g/mol. The third-order valence-corrected chi connectivity index (χ3v) is 13.7. The van der Waals surface area contributed by atoms with Gasteiger partial charge in [-0.2, -0.15) is 0 Å². The summed E-state index contributed by atoms with van der Waals surface area (Å²) in [6, 6.07) is 61.5. The number of anilines is 3. The lowest BCUT2D eigenvalue weighted by Crippen LogP contribution is -2.17. The summed E-state index contributed by atoms with van der Waals surface area (Å²) in [6.07, 6.45) is 0. The minimum Gasteiger partial charge on any atom is -0.310 e. The van der Waals surface area contributed by atoms with E-state index < -0.39 is 0 Å². The fourth-order valence-corrected chi connectivity index (χ4v) is 11.0. The molecule has 0 fully saturated rings. The number of hydrogen-bond acceptors (Lipinski definition) is 2. The molecule has 2 heteroatoms. The first kappa shape index (κ1) is 31.6. The van der Waals surface area contributed by atoms with Crippen LogP contribution in [0.3, 0.4) is 0 Å². The smallest absolute Gasteiger partial charge is 0.0468 e. The van der Waals surface area contributed by atoms with E-state index in [-0.39, 0.29) is 10.8 Å². The fourth-order valence-electron chi connectivity index (χ4n) is 9.71. The third kappa shape index (κ3) is 4.38. The highest BCUT2D eigenvalue weighted by molar-refractivity contribution is 7.26. The lowest BCUT2D eigenvalue weighted by atomic mass is 9.82. The van der Waals surface area contributed by atoms with Crippen LogP contribution in [0.5, 0.6) is 0 Å². The summed E-state index contributed by atoms with van der Waals surface area (Å²) in [6.45, 7) is 9.45. The van der Waals surface area contributed by atoms with Gasteiger partial charge in [-0.3, -0.25) is 0 Å². The van der Waals surface area contributed by atoms with E-state index >= 15 is 0 Å². The molecule has 9 aromatic rings. The van der Waals surface area contributed by atoms with Crippen molar-refractivity contribution in [3.63, 3.8) is 0 Å². The van der Waals surface area contributed by atoms with Gasteiger partial charge in [0.25, 0.3) is 0 Å². The van der Waals surface area contributed by atoms with Gasteiger partial charge in [0.05, 0.1) is 0 Å². The van der Waals surface area contributed by atoms with E-state index in [0.717, 1.165) is 5.69 Å². The van der Waals surface area contributed by atoms with Crippen LogP contribution < -0.4 is 4.90 Å². The van der Waals surface area contributed by atoms with Crippen molar-refractivity contribution in [1.29, 1.82) is 0 Å². The molecule has 1 nitrogen and oxygen atoms in total. The predicted molar refractivity (Wildman–Crippen MR) is 232 cm³/mol. The molecule has 54 heavy (non-hydrogen) atoms. The number of nitrogens with zero attached hydrogens (tertiary/aromatic N) is 1. The second-order valence-electron chi connectivity index (χ2n) is 16.1. The summed E-state index contributed by atoms with van der Waals surface area (Å²) in [5, 5.41) is 5.28. The van der Waals surface area contributed by atoms with Crippen LogP contribution in [-0.2, 0) is 10.8 Å². The average Bonchev–Trinajstić information content (AvgIpc) is 3.78. The van der Waals surface area contributed by atoms with Crippen molar-refractivity contribution in [2.75, 3.05) is 4.90 Å². The summed E-state index contributed by atoms with van der Waals surface area (Å²) in [5.74, 6) is 0. The lowest BCUT2D eigenvalue weighted by molar-refractivity contribution is 0.660. The second kappa shape index (κ2) is 11.3. The minimum absolute atomic E-state index is 0.0431. The topological polar surface area (TPSA) is 3.24 Å². The Hall–Kier alpha value is -5.96. The molecule has 0 N–H and O–H groups in total. The average molecular weight is 710 g/mol. The highest BCUT2D eigenvalue weighted by atomic mass is 32.1. The van der Waals surface area contributed by atoms with Crippen LogP contribution in [0.2, 0.25) is 0 Å². The Balaban J connectivity index is 1.09. The van der Waals surface area contributed by atoms with Gasteiger partial charge >= 0.3 is 0 Å². The van der Waals surface area contributed by atoms with Crippen molar-refractivity contribution >= 4 is 59.3 Å². The first-order chi connectivity index (χ1) is 26.3. The largest absolute Gasteiger partial charge is 0.310 e. The molecule has 0 aliphatic heterocycles. The lowest BCUT2D eigenvalue weighted by Gasteiger charge is -2.29. The molecule has 0 saturated carbocycles. The Morgan fingerprint density at radius 3 is 1.80 bits per heavy atom. The van der Waals surface area contributed by atoms with Gasteiger partial charge < -0.3 is 4.90 Å². The maximum absolute atomic E-state index is 2.46. The maximum Gasteiger partial charge on any atom is 0.0468 e. The van der Waals surface area contributed by atoms with Crippen molar-refractivity contribution in [3.8, 4) is 33.4 Å². The molecule has 258 valence electrons. The van der Waals surface area contributed by atoms with E-state index in [1.54, 1.807) is 0 Å². The van der Waals surface area contributed by atoms with Crippen LogP contribution in [0.25, 0.3) is 64.3 Å². The number of hydrogen-bond donors (Lipinski definition) is 0. The molecular formula is C52H39NS.